The first-order valence-electron chi connectivity index (χ1n) is 11.3. The third-order valence-corrected chi connectivity index (χ3v) is 8.23. The van der Waals surface area contributed by atoms with E-state index in [0.717, 1.165) is 21.6 Å². The summed E-state index contributed by atoms with van der Waals surface area (Å²) in [7, 11) is 0. The molecule has 2 atom stereocenters. The Balaban J connectivity index is 1.42. The first-order valence-corrected chi connectivity index (χ1v) is 13.2. The monoisotopic (exact) mass is 538 g/mol. The smallest absolute Gasteiger partial charge is 0.352 e. The number of benzene rings is 1. The van der Waals surface area contributed by atoms with Gasteiger partial charge in [0.05, 0.1) is 11.3 Å². The van der Waals surface area contributed by atoms with Crippen molar-refractivity contribution in [3.8, 4) is 0 Å². The van der Waals surface area contributed by atoms with E-state index in [9.17, 15) is 24.3 Å². The molecule has 3 heterocycles. The molecule has 3 aliphatic rings. The summed E-state index contributed by atoms with van der Waals surface area (Å²) in [5.41, 5.74) is 9.54. The number of aliphatic carboxylic acids is 1. The molecule has 2 aromatic rings. The maximum atomic E-state index is 13.6. The zero-order valence-electron chi connectivity index (χ0n) is 19.6. The Hall–Kier alpha value is -3.90. The fourth-order valence-electron chi connectivity index (χ4n) is 4.51. The van der Waals surface area contributed by atoms with Crippen LogP contribution in [0.4, 0.5) is 5.13 Å². The second-order valence-electron chi connectivity index (χ2n) is 8.58. The highest BCUT2D eigenvalue weighted by molar-refractivity contribution is 8.00. The van der Waals surface area contributed by atoms with Crippen molar-refractivity contribution in [2.75, 3.05) is 18.1 Å². The number of anilines is 1. The molecule has 1 aromatic heterocycles. The number of carboxylic acids is 1. The van der Waals surface area contributed by atoms with Gasteiger partial charge in [-0.2, -0.15) is 0 Å². The SMILES string of the molecule is CC(=O)OCC1=C(C(=O)O)N2C(=O)C(NC(=O)C(=C3C=Cc4ccccc4C3)c3csc(N)n3)[C@@H]2SC1. The highest BCUT2D eigenvalue weighted by Gasteiger charge is 2.54. The van der Waals surface area contributed by atoms with Crippen LogP contribution in [0.15, 0.2) is 52.6 Å². The Morgan fingerprint density at radius 2 is 2.05 bits per heavy atom. The lowest BCUT2D eigenvalue weighted by atomic mass is 9.89. The van der Waals surface area contributed by atoms with Crippen LogP contribution in [-0.4, -0.2) is 62.5 Å². The maximum Gasteiger partial charge on any atom is 0.352 e. The standard InChI is InChI=1S/C25H22N4O6S2/c1-12(30)35-9-16-10-36-23-19(22(32)29(23)20(16)24(33)34)28-21(31)18(17-11-37-25(26)27-17)15-7-6-13-4-2-3-5-14(13)8-15/h2-7,11,19,23H,8-10H2,1H3,(H2,26,27)(H,28,31)(H,33,34)/t19?,23-/m0/s1. The van der Waals surface area contributed by atoms with Crippen LogP contribution in [0.1, 0.15) is 23.7 Å². The predicted molar refractivity (Wildman–Crippen MR) is 139 cm³/mol. The molecule has 0 spiro atoms. The third kappa shape index (κ3) is 4.65. The first-order chi connectivity index (χ1) is 17.7. The van der Waals surface area contributed by atoms with Crippen molar-refractivity contribution in [3.05, 3.63) is 69.4 Å². The molecule has 37 heavy (non-hydrogen) atoms. The van der Waals surface area contributed by atoms with E-state index >= 15 is 0 Å². The summed E-state index contributed by atoms with van der Waals surface area (Å²) in [4.78, 5) is 55.3. The molecule has 5 rings (SSSR count). The normalized spacial score (nSPS) is 21.5. The molecule has 190 valence electrons. The zero-order chi connectivity index (χ0) is 26.3. The molecule has 1 fully saturated rings. The second-order valence-corrected chi connectivity index (χ2v) is 10.6. The average Bonchev–Trinajstić information content (AvgIpc) is 3.30. The van der Waals surface area contributed by atoms with E-state index in [4.69, 9.17) is 10.5 Å². The van der Waals surface area contributed by atoms with Crippen molar-refractivity contribution in [2.24, 2.45) is 0 Å². The lowest BCUT2D eigenvalue weighted by Crippen LogP contribution is -2.70. The van der Waals surface area contributed by atoms with Crippen LogP contribution in [0, 0.1) is 0 Å². The number of amides is 2. The molecule has 1 aromatic carbocycles. The van der Waals surface area contributed by atoms with Gasteiger partial charge in [0.15, 0.2) is 5.13 Å². The quantitative estimate of drug-likeness (QED) is 0.285. The molecular formula is C25H22N4O6S2. The number of rotatable bonds is 6. The number of thiazole rings is 1. The fraction of sp³-hybridized carbons (Fsp3) is 0.240. The Morgan fingerprint density at radius 3 is 2.76 bits per heavy atom. The molecule has 2 amide bonds. The summed E-state index contributed by atoms with van der Waals surface area (Å²) in [5, 5.41) is 14.0. The van der Waals surface area contributed by atoms with Crippen LogP contribution in [-0.2, 0) is 30.3 Å². The van der Waals surface area contributed by atoms with Gasteiger partial charge in [-0.1, -0.05) is 36.4 Å². The number of nitrogens with two attached hydrogens (primary N) is 1. The number of fused-ring (bicyclic) bond motifs is 2. The van der Waals surface area contributed by atoms with Crippen LogP contribution in [0.3, 0.4) is 0 Å². The highest BCUT2D eigenvalue weighted by Crippen LogP contribution is 2.41. The van der Waals surface area contributed by atoms with Crippen molar-refractivity contribution in [2.45, 2.75) is 24.8 Å². The highest BCUT2D eigenvalue weighted by atomic mass is 32.2. The summed E-state index contributed by atoms with van der Waals surface area (Å²) >= 11 is 2.51. The number of carbonyl (C=O) groups is 4. The number of aromatic nitrogens is 1. The molecule has 1 unspecified atom stereocenters. The molecule has 12 heteroatoms. The number of allylic oxidation sites excluding steroid dienone is 2. The number of hydrogen-bond acceptors (Lipinski definition) is 9. The van der Waals surface area contributed by atoms with E-state index < -0.39 is 35.2 Å². The molecular weight excluding hydrogens is 516 g/mol. The van der Waals surface area contributed by atoms with Crippen LogP contribution in [0.5, 0.6) is 0 Å². The van der Waals surface area contributed by atoms with Gasteiger partial charge in [-0.05, 0) is 23.1 Å². The van der Waals surface area contributed by atoms with Crippen molar-refractivity contribution in [1.29, 1.82) is 0 Å². The number of nitrogens with zero attached hydrogens (tertiary/aromatic N) is 2. The van der Waals surface area contributed by atoms with Crippen molar-refractivity contribution in [3.63, 3.8) is 0 Å². The van der Waals surface area contributed by atoms with Gasteiger partial charge in [0.25, 0.3) is 11.8 Å². The van der Waals surface area contributed by atoms with Crippen molar-refractivity contribution >= 4 is 63.6 Å². The minimum Gasteiger partial charge on any atom is -0.477 e. The van der Waals surface area contributed by atoms with Crippen molar-refractivity contribution in [1.82, 2.24) is 15.2 Å². The Kier molecular flexibility index (Phi) is 6.61. The number of β-lactam (4-membered cyclic amide) rings is 1. The largest absolute Gasteiger partial charge is 0.477 e. The van der Waals surface area contributed by atoms with Gasteiger partial charge in [-0.3, -0.25) is 19.3 Å². The van der Waals surface area contributed by atoms with Crippen LogP contribution in [0.25, 0.3) is 11.6 Å². The number of hydrogen-bond donors (Lipinski definition) is 3. The minimum absolute atomic E-state index is 0.210. The summed E-state index contributed by atoms with van der Waals surface area (Å²) < 4.78 is 4.96. The van der Waals surface area contributed by atoms with E-state index in [1.807, 2.05) is 36.4 Å². The molecule has 2 aliphatic heterocycles. The lowest BCUT2D eigenvalue weighted by Gasteiger charge is -2.49. The summed E-state index contributed by atoms with van der Waals surface area (Å²) in [6.07, 6.45) is 4.30. The number of ether oxygens (including phenoxy) is 1. The third-order valence-electron chi connectivity index (χ3n) is 6.21. The Morgan fingerprint density at radius 1 is 1.27 bits per heavy atom. The lowest BCUT2D eigenvalue weighted by molar-refractivity contribution is -0.150. The fourth-order valence-corrected chi connectivity index (χ4v) is 6.39. The van der Waals surface area contributed by atoms with E-state index in [1.54, 1.807) is 5.38 Å². The maximum absolute atomic E-state index is 13.6. The second kappa shape index (κ2) is 9.87. The molecule has 1 saturated heterocycles. The molecule has 0 saturated carbocycles. The van der Waals surface area contributed by atoms with E-state index in [2.05, 4.69) is 10.3 Å². The van der Waals surface area contributed by atoms with Gasteiger partial charge in [-0.15, -0.1) is 23.1 Å². The number of esters is 1. The van der Waals surface area contributed by atoms with Gasteiger partial charge in [0.1, 0.15) is 23.7 Å². The van der Waals surface area contributed by atoms with Crippen molar-refractivity contribution < 1.29 is 29.0 Å². The molecule has 0 bridgehead atoms. The van der Waals surface area contributed by atoms with Gasteiger partial charge in [-0.25, -0.2) is 9.78 Å². The number of carboxylic acid groups (broad SMARTS) is 1. The van der Waals surface area contributed by atoms with Crippen LogP contribution < -0.4 is 11.1 Å². The average molecular weight is 539 g/mol. The molecule has 1 aliphatic carbocycles. The minimum atomic E-state index is -1.29. The molecule has 4 N–H and O–H groups in total. The number of nitrogen functional groups attached to an aromatic ring is 1. The molecule has 0 radical (unpaired) electrons. The van der Waals surface area contributed by atoms with Crippen LogP contribution >= 0.6 is 23.1 Å². The number of nitrogens with one attached hydrogen (secondary N) is 1. The summed E-state index contributed by atoms with van der Waals surface area (Å²) in [6.45, 7) is 1.01. The van der Waals surface area contributed by atoms with Crippen LogP contribution in [0.2, 0.25) is 0 Å². The van der Waals surface area contributed by atoms with E-state index in [1.165, 1.54) is 30.0 Å². The van der Waals surface area contributed by atoms with E-state index in [-0.39, 0.29) is 18.1 Å². The van der Waals surface area contributed by atoms with Gasteiger partial charge in [0.2, 0.25) is 0 Å². The summed E-state index contributed by atoms with van der Waals surface area (Å²) in [5.74, 6) is -2.64. The van der Waals surface area contributed by atoms with Gasteiger partial charge >= 0.3 is 11.9 Å². The first kappa shape index (κ1) is 24.8. The topological polar surface area (TPSA) is 152 Å². The van der Waals surface area contributed by atoms with E-state index in [0.29, 0.717) is 28.4 Å². The number of thioether (sulfide) groups is 1. The Labute approximate surface area is 219 Å². The zero-order valence-corrected chi connectivity index (χ0v) is 21.2. The number of carbonyl (C=O) groups excluding carboxylic acids is 3. The molecule has 10 nitrogen and oxygen atoms in total. The Bertz CT molecular complexity index is 1430. The summed E-state index contributed by atoms with van der Waals surface area (Å²) in [6, 6.07) is 6.94. The predicted octanol–water partition coefficient (Wildman–Crippen LogP) is 2.05. The van der Waals surface area contributed by atoms with Gasteiger partial charge < -0.3 is 20.9 Å². The van der Waals surface area contributed by atoms with Gasteiger partial charge in [0, 0.05) is 23.6 Å².